The van der Waals surface area contributed by atoms with Gasteiger partial charge >= 0.3 is 0 Å². The molecule has 1 unspecified atom stereocenters. The molecule has 2 rings (SSSR count). The minimum atomic E-state index is 0.134. The van der Waals surface area contributed by atoms with Gasteiger partial charge in [0.25, 0.3) is 0 Å². The molecule has 0 bridgehead atoms. The van der Waals surface area contributed by atoms with Gasteiger partial charge in [-0.15, -0.1) is 0 Å². The molecule has 2 aromatic rings. The zero-order valence-corrected chi connectivity index (χ0v) is 13.1. The van der Waals surface area contributed by atoms with Gasteiger partial charge in [0.05, 0.1) is 11.1 Å². The molecule has 0 amide bonds. The SMILES string of the molecule is CC(c1cccc(N)c1)N(C)c1ncc(Br)cc1Cl. The van der Waals surface area contributed by atoms with Crippen LogP contribution in [0.1, 0.15) is 18.5 Å². The number of benzene rings is 1. The molecule has 1 heterocycles. The quantitative estimate of drug-likeness (QED) is 0.848. The van der Waals surface area contributed by atoms with E-state index in [1.807, 2.05) is 42.3 Å². The van der Waals surface area contributed by atoms with Crippen LogP contribution in [0.4, 0.5) is 11.5 Å². The van der Waals surface area contributed by atoms with Gasteiger partial charge in [0.2, 0.25) is 0 Å². The highest BCUT2D eigenvalue weighted by Crippen LogP contribution is 2.31. The second-order valence-corrected chi connectivity index (χ2v) is 5.74. The lowest BCUT2D eigenvalue weighted by atomic mass is 10.1. The van der Waals surface area contributed by atoms with Gasteiger partial charge in [-0.2, -0.15) is 0 Å². The largest absolute Gasteiger partial charge is 0.399 e. The summed E-state index contributed by atoms with van der Waals surface area (Å²) in [5, 5.41) is 0.618. The average Bonchev–Trinajstić information content (AvgIpc) is 2.37. The number of nitrogens with two attached hydrogens (primary N) is 1. The molecule has 2 N–H and O–H groups in total. The van der Waals surface area contributed by atoms with Gasteiger partial charge in [-0.25, -0.2) is 4.98 Å². The van der Waals surface area contributed by atoms with Gasteiger partial charge in [0.1, 0.15) is 5.82 Å². The smallest absolute Gasteiger partial charge is 0.147 e. The normalized spacial score (nSPS) is 12.2. The van der Waals surface area contributed by atoms with E-state index in [0.29, 0.717) is 5.02 Å². The van der Waals surface area contributed by atoms with E-state index in [9.17, 15) is 0 Å². The molecule has 0 spiro atoms. The minimum Gasteiger partial charge on any atom is -0.399 e. The van der Waals surface area contributed by atoms with E-state index in [2.05, 4.69) is 27.8 Å². The van der Waals surface area contributed by atoms with Crippen LogP contribution in [0.5, 0.6) is 0 Å². The average molecular weight is 341 g/mol. The van der Waals surface area contributed by atoms with E-state index in [1.165, 1.54) is 0 Å². The van der Waals surface area contributed by atoms with Crippen molar-refractivity contribution in [2.45, 2.75) is 13.0 Å². The van der Waals surface area contributed by atoms with Crippen LogP contribution in [-0.2, 0) is 0 Å². The Labute approximate surface area is 126 Å². The number of nitrogen functional groups attached to an aromatic ring is 1. The molecule has 0 aliphatic heterocycles. The fourth-order valence-electron chi connectivity index (χ4n) is 1.89. The predicted molar refractivity (Wildman–Crippen MR) is 84.6 cm³/mol. The summed E-state index contributed by atoms with van der Waals surface area (Å²) in [6, 6.07) is 9.81. The minimum absolute atomic E-state index is 0.134. The van der Waals surface area contributed by atoms with Crippen LogP contribution in [-0.4, -0.2) is 12.0 Å². The van der Waals surface area contributed by atoms with E-state index < -0.39 is 0 Å². The maximum Gasteiger partial charge on any atom is 0.147 e. The van der Waals surface area contributed by atoms with Crippen LogP contribution in [0.15, 0.2) is 41.0 Å². The molecule has 1 aromatic carbocycles. The molecule has 0 radical (unpaired) electrons. The van der Waals surface area contributed by atoms with E-state index in [0.717, 1.165) is 21.5 Å². The Kier molecular flexibility index (Phi) is 4.32. The first kappa shape index (κ1) is 14.2. The monoisotopic (exact) mass is 339 g/mol. The standard InChI is InChI=1S/C14H15BrClN3/c1-9(10-4-3-5-12(17)6-10)19(2)14-13(16)7-11(15)8-18-14/h3-9H,17H2,1-2H3. The van der Waals surface area contributed by atoms with Gasteiger partial charge in [-0.05, 0) is 46.6 Å². The number of rotatable bonds is 3. The highest BCUT2D eigenvalue weighted by molar-refractivity contribution is 9.10. The molecular weight excluding hydrogens is 326 g/mol. The summed E-state index contributed by atoms with van der Waals surface area (Å²) in [5.41, 5.74) is 7.70. The summed E-state index contributed by atoms with van der Waals surface area (Å²) >= 11 is 9.58. The first-order chi connectivity index (χ1) is 8.99. The van der Waals surface area contributed by atoms with Gasteiger partial charge in [-0.3, -0.25) is 0 Å². The lowest BCUT2D eigenvalue weighted by Crippen LogP contribution is -2.23. The van der Waals surface area contributed by atoms with Crippen molar-refractivity contribution in [1.82, 2.24) is 4.98 Å². The summed E-state index contributed by atoms with van der Waals surface area (Å²) in [7, 11) is 1.97. The summed E-state index contributed by atoms with van der Waals surface area (Å²) in [5.74, 6) is 0.750. The molecule has 1 atom stereocenters. The Morgan fingerprint density at radius 3 is 2.74 bits per heavy atom. The summed E-state index contributed by atoms with van der Waals surface area (Å²) < 4.78 is 0.867. The van der Waals surface area contributed by atoms with E-state index >= 15 is 0 Å². The second-order valence-electron chi connectivity index (χ2n) is 4.42. The summed E-state index contributed by atoms with van der Waals surface area (Å²) in [6.45, 7) is 2.09. The number of anilines is 2. The van der Waals surface area contributed by atoms with Crippen molar-refractivity contribution in [3.05, 3.63) is 51.6 Å². The molecule has 0 saturated carbocycles. The second kappa shape index (κ2) is 5.80. The van der Waals surface area contributed by atoms with Crippen LogP contribution in [0.3, 0.4) is 0 Å². The first-order valence-electron chi connectivity index (χ1n) is 5.88. The zero-order valence-electron chi connectivity index (χ0n) is 10.8. The third-order valence-corrected chi connectivity index (χ3v) is 3.81. The Morgan fingerprint density at radius 1 is 1.37 bits per heavy atom. The molecule has 1 aromatic heterocycles. The fourth-order valence-corrected chi connectivity index (χ4v) is 2.66. The van der Waals surface area contributed by atoms with Crippen molar-refractivity contribution in [3.8, 4) is 0 Å². The Balaban J connectivity index is 2.30. The zero-order chi connectivity index (χ0) is 14.0. The number of aromatic nitrogens is 1. The molecule has 5 heteroatoms. The first-order valence-corrected chi connectivity index (χ1v) is 7.05. The molecular formula is C14H15BrClN3. The topological polar surface area (TPSA) is 42.1 Å². The highest BCUT2D eigenvalue weighted by Gasteiger charge is 2.16. The van der Waals surface area contributed by atoms with Gasteiger partial charge in [-0.1, -0.05) is 23.7 Å². The summed E-state index contributed by atoms with van der Waals surface area (Å²) in [6.07, 6.45) is 1.74. The molecule has 3 nitrogen and oxygen atoms in total. The maximum absolute atomic E-state index is 6.23. The Hall–Kier alpha value is -1.26. The molecule has 0 aliphatic rings. The number of hydrogen-bond acceptors (Lipinski definition) is 3. The predicted octanol–water partition coefficient (Wildman–Crippen LogP) is 4.28. The Morgan fingerprint density at radius 2 is 2.11 bits per heavy atom. The van der Waals surface area contributed by atoms with Gasteiger partial charge < -0.3 is 10.6 Å². The lowest BCUT2D eigenvalue weighted by Gasteiger charge is -2.27. The third kappa shape index (κ3) is 3.19. The van der Waals surface area contributed by atoms with Crippen LogP contribution < -0.4 is 10.6 Å². The number of halogens is 2. The Bertz CT molecular complexity index is 589. The van der Waals surface area contributed by atoms with Crippen LogP contribution >= 0.6 is 27.5 Å². The van der Waals surface area contributed by atoms with Crippen molar-refractivity contribution < 1.29 is 0 Å². The molecule has 19 heavy (non-hydrogen) atoms. The van der Waals surface area contributed by atoms with Crippen molar-refractivity contribution >= 4 is 39.0 Å². The van der Waals surface area contributed by atoms with Crippen molar-refractivity contribution in [1.29, 1.82) is 0 Å². The number of hydrogen-bond donors (Lipinski definition) is 1. The van der Waals surface area contributed by atoms with Crippen LogP contribution in [0.25, 0.3) is 0 Å². The summed E-state index contributed by atoms with van der Waals surface area (Å²) in [4.78, 5) is 6.39. The van der Waals surface area contributed by atoms with Crippen molar-refractivity contribution in [3.63, 3.8) is 0 Å². The third-order valence-electron chi connectivity index (χ3n) is 3.10. The van der Waals surface area contributed by atoms with Gasteiger partial charge in [0.15, 0.2) is 0 Å². The molecule has 0 fully saturated rings. The van der Waals surface area contributed by atoms with Gasteiger partial charge in [0, 0.05) is 23.4 Å². The maximum atomic E-state index is 6.23. The highest BCUT2D eigenvalue weighted by atomic mass is 79.9. The van der Waals surface area contributed by atoms with Crippen LogP contribution in [0, 0.1) is 0 Å². The molecule has 0 saturated heterocycles. The van der Waals surface area contributed by atoms with Crippen molar-refractivity contribution in [2.75, 3.05) is 17.7 Å². The van der Waals surface area contributed by atoms with Crippen LogP contribution in [0.2, 0.25) is 5.02 Å². The molecule has 100 valence electrons. The lowest BCUT2D eigenvalue weighted by molar-refractivity contribution is 0.729. The fraction of sp³-hybridized carbons (Fsp3) is 0.214. The van der Waals surface area contributed by atoms with E-state index in [-0.39, 0.29) is 6.04 Å². The van der Waals surface area contributed by atoms with Crippen molar-refractivity contribution in [2.24, 2.45) is 0 Å². The molecule has 0 aliphatic carbocycles. The van der Waals surface area contributed by atoms with E-state index in [1.54, 1.807) is 6.20 Å². The number of pyridine rings is 1. The number of nitrogens with zero attached hydrogens (tertiary/aromatic N) is 2. The van der Waals surface area contributed by atoms with E-state index in [4.69, 9.17) is 17.3 Å².